The van der Waals surface area contributed by atoms with Gasteiger partial charge in [-0.1, -0.05) is 42.4 Å². The summed E-state index contributed by atoms with van der Waals surface area (Å²) in [5, 5.41) is 10.2. The van der Waals surface area contributed by atoms with Crippen molar-refractivity contribution in [1.29, 1.82) is 5.26 Å². The molecule has 2 saturated heterocycles. The van der Waals surface area contributed by atoms with Crippen molar-refractivity contribution in [2.24, 2.45) is 0 Å². The molecule has 1 amide bonds. The van der Waals surface area contributed by atoms with Crippen molar-refractivity contribution in [2.75, 3.05) is 82.0 Å². The molecule has 0 unspecified atom stereocenters. The van der Waals surface area contributed by atoms with Crippen LogP contribution in [-0.4, -0.2) is 97.9 Å². The van der Waals surface area contributed by atoms with Crippen molar-refractivity contribution >= 4 is 39.8 Å². The van der Waals surface area contributed by atoms with Gasteiger partial charge in [-0.3, -0.25) is 9.69 Å². The summed E-state index contributed by atoms with van der Waals surface area (Å²) in [5.74, 6) is -0.741. The number of carbonyl (C=O) groups excluding carboxylic acids is 1. The minimum Gasteiger partial charge on any atom is -0.462 e. The van der Waals surface area contributed by atoms with E-state index >= 15 is 0 Å². The van der Waals surface area contributed by atoms with Crippen LogP contribution in [0.5, 0.6) is 6.01 Å². The van der Waals surface area contributed by atoms with Crippen LogP contribution >= 0.6 is 11.6 Å². The number of fused-ring (bicyclic) bond motifs is 2. The molecular weight excluding hydrogens is 597 g/mol. The van der Waals surface area contributed by atoms with Gasteiger partial charge in [0.15, 0.2) is 5.83 Å². The molecule has 0 saturated carbocycles. The van der Waals surface area contributed by atoms with Gasteiger partial charge in [-0.2, -0.15) is 15.2 Å². The Bertz CT molecular complexity index is 1540. The lowest BCUT2D eigenvalue weighted by atomic mass is 10.0. The normalized spacial score (nSPS) is 17.1. The molecule has 3 aliphatic rings. The van der Waals surface area contributed by atoms with Gasteiger partial charge in [-0.05, 0) is 30.4 Å². The molecule has 12 heteroatoms. The van der Waals surface area contributed by atoms with Gasteiger partial charge in [0, 0.05) is 82.5 Å². The zero-order chi connectivity index (χ0) is 31.8. The summed E-state index contributed by atoms with van der Waals surface area (Å²) < 4.78 is 25.2. The fourth-order valence-corrected chi connectivity index (χ4v) is 6.32. The summed E-state index contributed by atoms with van der Waals surface area (Å²) in [4.78, 5) is 30.3. The molecule has 0 radical (unpaired) electrons. The minimum atomic E-state index is -0.928. The van der Waals surface area contributed by atoms with Crippen LogP contribution in [0.15, 0.2) is 48.8 Å². The second-order valence-corrected chi connectivity index (χ2v) is 11.5. The number of nitrogens with zero attached hydrogens (tertiary/aromatic N) is 7. The van der Waals surface area contributed by atoms with E-state index in [4.69, 9.17) is 36.3 Å². The molecule has 238 valence electrons. The van der Waals surface area contributed by atoms with Crippen LogP contribution in [0.4, 0.5) is 15.9 Å². The third-order valence-electron chi connectivity index (χ3n) is 8.25. The summed E-state index contributed by atoms with van der Waals surface area (Å²) in [6.45, 7) is 12.5. The number of nitriles is 1. The minimum absolute atomic E-state index is 0.350. The standard InChI is InChI=1S/C31H36ClFN6O3.C2H3N/c1-22(33)30(40)38-14-12-37(13-15-38)29-24-9-11-39(27-8-3-6-23-5-2-7-25(32)28(23)27)21-26(24)34-31(35-29)42-20-17-36-10-4-18-41-19-16-36;1-2-3/h2-3,5-8H,1,4,9-21H2;1H3. The average molecular weight is 636 g/mol. The Hall–Kier alpha value is -3.98. The van der Waals surface area contributed by atoms with E-state index in [0.29, 0.717) is 45.3 Å². The lowest BCUT2D eigenvalue weighted by Gasteiger charge is -2.38. The predicted octanol–water partition coefficient (Wildman–Crippen LogP) is 4.61. The molecule has 0 atom stereocenters. The highest BCUT2D eigenvalue weighted by Crippen LogP contribution is 2.37. The molecule has 4 heterocycles. The van der Waals surface area contributed by atoms with Crippen molar-refractivity contribution in [2.45, 2.75) is 26.3 Å². The van der Waals surface area contributed by atoms with E-state index in [9.17, 15) is 9.18 Å². The lowest BCUT2D eigenvalue weighted by molar-refractivity contribution is -0.128. The Balaban J connectivity index is 0.00000128. The van der Waals surface area contributed by atoms with Crippen molar-refractivity contribution in [3.05, 3.63) is 65.1 Å². The third-order valence-corrected chi connectivity index (χ3v) is 8.56. The number of piperazine rings is 1. The number of carbonyl (C=O) groups is 1. The molecule has 0 spiro atoms. The maximum atomic E-state index is 13.5. The van der Waals surface area contributed by atoms with E-state index in [1.165, 1.54) is 11.8 Å². The van der Waals surface area contributed by atoms with Gasteiger partial charge in [-0.15, -0.1) is 0 Å². The molecule has 3 aliphatic heterocycles. The summed E-state index contributed by atoms with van der Waals surface area (Å²) >= 11 is 6.67. The summed E-state index contributed by atoms with van der Waals surface area (Å²) in [5.41, 5.74) is 3.08. The molecule has 6 rings (SSSR count). The first kappa shape index (κ1) is 32.4. The van der Waals surface area contributed by atoms with Gasteiger partial charge in [0.25, 0.3) is 5.91 Å². The van der Waals surface area contributed by atoms with Crippen molar-refractivity contribution in [1.82, 2.24) is 19.8 Å². The molecule has 0 bridgehead atoms. The Morgan fingerprint density at radius 1 is 1.07 bits per heavy atom. The molecule has 3 aromatic rings. The van der Waals surface area contributed by atoms with E-state index < -0.39 is 11.7 Å². The highest BCUT2D eigenvalue weighted by molar-refractivity contribution is 6.36. The Morgan fingerprint density at radius 2 is 1.82 bits per heavy atom. The molecule has 0 N–H and O–H groups in total. The van der Waals surface area contributed by atoms with Crippen LogP contribution in [-0.2, 0) is 22.5 Å². The van der Waals surface area contributed by atoms with E-state index in [-0.39, 0.29) is 0 Å². The SMILES string of the molecule is C=C(F)C(=O)N1CCN(c2nc(OCCN3CCCOCC3)nc3c2CCN(c2cccc4cccc(Cl)c24)C3)CC1.CC#N. The maximum absolute atomic E-state index is 13.5. The van der Waals surface area contributed by atoms with Crippen molar-refractivity contribution in [3.8, 4) is 12.1 Å². The fourth-order valence-electron chi connectivity index (χ4n) is 6.04. The quantitative estimate of drug-likeness (QED) is 0.345. The highest BCUT2D eigenvalue weighted by Gasteiger charge is 2.30. The van der Waals surface area contributed by atoms with Crippen LogP contribution in [0.25, 0.3) is 10.8 Å². The smallest absolute Gasteiger partial charge is 0.318 e. The van der Waals surface area contributed by atoms with Crippen LogP contribution in [0.3, 0.4) is 0 Å². The second-order valence-electron chi connectivity index (χ2n) is 11.1. The first-order chi connectivity index (χ1) is 21.9. The van der Waals surface area contributed by atoms with Crippen LogP contribution in [0, 0.1) is 11.3 Å². The average Bonchev–Trinajstić information content (AvgIpc) is 3.33. The fraction of sp³-hybridized carbons (Fsp3) is 0.455. The Labute approximate surface area is 268 Å². The number of anilines is 2. The molecule has 1 aromatic heterocycles. The van der Waals surface area contributed by atoms with E-state index in [0.717, 1.165) is 90.8 Å². The predicted molar refractivity (Wildman–Crippen MR) is 173 cm³/mol. The second kappa shape index (κ2) is 15.3. The number of ether oxygens (including phenoxy) is 2. The van der Waals surface area contributed by atoms with Gasteiger partial charge < -0.3 is 24.2 Å². The van der Waals surface area contributed by atoms with Crippen molar-refractivity contribution in [3.63, 3.8) is 0 Å². The molecule has 2 fully saturated rings. The first-order valence-corrected chi connectivity index (χ1v) is 15.7. The zero-order valence-corrected chi connectivity index (χ0v) is 26.4. The lowest BCUT2D eigenvalue weighted by Crippen LogP contribution is -2.49. The summed E-state index contributed by atoms with van der Waals surface area (Å²) in [6, 6.07) is 14.3. The van der Waals surface area contributed by atoms with Gasteiger partial charge in [0.05, 0.1) is 29.9 Å². The first-order valence-electron chi connectivity index (χ1n) is 15.3. The number of halogens is 2. The van der Waals surface area contributed by atoms with Crippen LogP contribution in [0.2, 0.25) is 5.02 Å². The number of rotatable bonds is 7. The molecular formula is C33H39ClFN7O3. The highest BCUT2D eigenvalue weighted by atomic mass is 35.5. The number of amides is 1. The monoisotopic (exact) mass is 635 g/mol. The van der Waals surface area contributed by atoms with Gasteiger partial charge >= 0.3 is 6.01 Å². The Morgan fingerprint density at radius 3 is 2.58 bits per heavy atom. The Kier molecular flexibility index (Phi) is 11.1. The number of hydrogen-bond donors (Lipinski definition) is 0. The zero-order valence-electron chi connectivity index (χ0n) is 25.7. The summed E-state index contributed by atoms with van der Waals surface area (Å²) in [6.07, 6.45) is 1.76. The van der Waals surface area contributed by atoms with E-state index in [2.05, 4.69) is 45.5 Å². The number of aromatic nitrogens is 2. The number of benzene rings is 2. The van der Waals surface area contributed by atoms with E-state index in [1.807, 2.05) is 12.1 Å². The molecule has 10 nitrogen and oxygen atoms in total. The van der Waals surface area contributed by atoms with E-state index in [1.54, 1.807) is 6.07 Å². The topological polar surface area (TPSA) is 98.1 Å². The van der Waals surface area contributed by atoms with Gasteiger partial charge in [0.2, 0.25) is 0 Å². The molecule has 45 heavy (non-hydrogen) atoms. The molecule has 2 aromatic carbocycles. The van der Waals surface area contributed by atoms with Crippen molar-refractivity contribution < 1.29 is 18.7 Å². The largest absolute Gasteiger partial charge is 0.462 e. The van der Waals surface area contributed by atoms with Crippen LogP contribution in [0.1, 0.15) is 24.6 Å². The summed E-state index contributed by atoms with van der Waals surface area (Å²) in [7, 11) is 0. The number of hydrogen-bond acceptors (Lipinski definition) is 9. The van der Waals surface area contributed by atoms with Gasteiger partial charge in [0.1, 0.15) is 12.4 Å². The molecule has 0 aliphatic carbocycles. The van der Waals surface area contributed by atoms with Crippen LogP contribution < -0.4 is 14.5 Å². The van der Waals surface area contributed by atoms with Gasteiger partial charge in [-0.25, -0.2) is 4.39 Å². The maximum Gasteiger partial charge on any atom is 0.318 e. The third kappa shape index (κ3) is 7.82.